The van der Waals surface area contributed by atoms with Crippen molar-refractivity contribution in [3.63, 3.8) is 0 Å². The van der Waals surface area contributed by atoms with Gasteiger partial charge >= 0.3 is 0 Å². The second-order valence-electron chi connectivity index (χ2n) is 2.79. The lowest BCUT2D eigenvalue weighted by Gasteiger charge is -2.22. The maximum Gasteiger partial charge on any atom is 0.237 e. The van der Waals surface area contributed by atoms with Crippen molar-refractivity contribution in [3.05, 3.63) is 25.6 Å². The molecule has 84 valence electrons. The van der Waals surface area contributed by atoms with Gasteiger partial charge in [-0.3, -0.25) is 0 Å². The number of hydrogen-bond donors (Lipinski definition) is 0. The Balaban J connectivity index is 3.05. The van der Waals surface area contributed by atoms with Crippen molar-refractivity contribution in [1.82, 2.24) is 0 Å². The summed E-state index contributed by atoms with van der Waals surface area (Å²) in [7, 11) is 0. The molecule has 6 heteroatoms. The average Bonchev–Trinajstić information content (AvgIpc) is 2.11. The summed E-state index contributed by atoms with van der Waals surface area (Å²) >= 11 is 19.6. The zero-order valence-electron chi connectivity index (χ0n) is 7.66. The van der Waals surface area contributed by atoms with Gasteiger partial charge in [0.25, 0.3) is 0 Å². The zero-order chi connectivity index (χ0) is 11.6. The van der Waals surface area contributed by atoms with Crippen LogP contribution in [0.1, 0.15) is 13.3 Å². The molecule has 0 saturated heterocycles. The van der Waals surface area contributed by atoms with Gasteiger partial charge in [0.05, 0.1) is 8.95 Å². The minimum Gasteiger partial charge on any atom is -0.460 e. The Morgan fingerprint density at radius 3 is 2.13 bits per heavy atom. The zero-order valence-corrected chi connectivity index (χ0v) is 14.8. The van der Waals surface area contributed by atoms with Crippen LogP contribution in [0.3, 0.4) is 0 Å². The summed E-state index contributed by atoms with van der Waals surface area (Å²) in [5.41, 5.74) is 0. The lowest BCUT2D eigenvalue weighted by Crippen LogP contribution is -2.19. The Morgan fingerprint density at radius 1 is 1.27 bits per heavy atom. The quantitative estimate of drug-likeness (QED) is 0.473. The van der Waals surface area contributed by atoms with E-state index in [-0.39, 0.29) is 0 Å². The third kappa shape index (κ3) is 4.19. The van der Waals surface area contributed by atoms with Crippen LogP contribution in [-0.2, 0) is 0 Å². The van der Waals surface area contributed by atoms with E-state index < -0.39 is 3.97 Å². The van der Waals surface area contributed by atoms with Gasteiger partial charge in [-0.1, -0.05) is 34.5 Å². The number of benzene rings is 1. The highest BCUT2D eigenvalue weighted by molar-refractivity contribution is 9.11. The molecule has 0 heterocycles. The van der Waals surface area contributed by atoms with Crippen molar-refractivity contribution in [1.29, 1.82) is 0 Å². The van der Waals surface area contributed by atoms with E-state index in [4.69, 9.17) is 16.3 Å². The van der Waals surface area contributed by atoms with E-state index >= 15 is 0 Å². The highest BCUT2D eigenvalue weighted by Gasteiger charge is 2.25. The predicted molar refractivity (Wildman–Crippen MR) is 78.0 cm³/mol. The first-order valence-corrected chi connectivity index (χ1v) is 7.62. The van der Waals surface area contributed by atoms with Crippen LogP contribution in [0.25, 0.3) is 0 Å². The molecule has 1 aromatic rings. The van der Waals surface area contributed by atoms with Gasteiger partial charge in [0.1, 0.15) is 0 Å². The molecule has 0 N–H and O–H groups in total. The lowest BCUT2D eigenvalue weighted by molar-refractivity contribution is 0.248. The Bertz CT molecular complexity index is 344. The van der Waals surface area contributed by atoms with Gasteiger partial charge in [-0.05, 0) is 59.9 Å². The second-order valence-corrected chi connectivity index (χ2v) is 7.76. The van der Waals surface area contributed by atoms with Crippen LogP contribution in [0.5, 0.6) is 5.75 Å². The standard InChI is InChI=1S/C9H7Br4ClO/c1-2-9(13,14)15-8-6(11)3-5(10)4-7(8)12/h3-4H,2H2,1H3. The summed E-state index contributed by atoms with van der Waals surface area (Å²) in [4.78, 5) is 0. The normalized spacial score (nSPS) is 14.8. The van der Waals surface area contributed by atoms with Crippen LogP contribution in [0.4, 0.5) is 0 Å². The summed E-state index contributed by atoms with van der Waals surface area (Å²) < 4.78 is 7.39. The molecule has 1 unspecified atom stereocenters. The molecule has 0 amide bonds. The molecule has 15 heavy (non-hydrogen) atoms. The van der Waals surface area contributed by atoms with E-state index in [1.54, 1.807) is 0 Å². The van der Waals surface area contributed by atoms with Crippen molar-refractivity contribution >= 4 is 75.3 Å². The molecule has 0 aliphatic heterocycles. The van der Waals surface area contributed by atoms with E-state index in [0.717, 1.165) is 13.4 Å². The fourth-order valence-electron chi connectivity index (χ4n) is 0.848. The van der Waals surface area contributed by atoms with Crippen molar-refractivity contribution in [2.24, 2.45) is 0 Å². The first-order chi connectivity index (χ1) is 6.85. The van der Waals surface area contributed by atoms with Crippen LogP contribution in [0.2, 0.25) is 0 Å². The summed E-state index contributed by atoms with van der Waals surface area (Å²) in [6.45, 7) is 1.93. The number of halogens is 5. The van der Waals surface area contributed by atoms with Crippen molar-refractivity contribution in [2.75, 3.05) is 0 Å². The number of ether oxygens (including phenoxy) is 1. The lowest BCUT2D eigenvalue weighted by atomic mass is 10.3. The molecule has 0 aromatic heterocycles. The van der Waals surface area contributed by atoms with Crippen LogP contribution < -0.4 is 4.74 Å². The van der Waals surface area contributed by atoms with Crippen molar-refractivity contribution < 1.29 is 4.74 Å². The molecule has 1 rings (SSSR count). The molecular formula is C9H7Br4ClO. The average molecular weight is 486 g/mol. The molecule has 0 radical (unpaired) electrons. The summed E-state index contributed by atoms with van der Waals surface area (Å²) in [5, 5.41) is 0. The number of hydrogen-bond acceptors (Lipinski definition) is 1. The monoisotopic (exact) mass is 482 g/mol. The maximum atomic E-state index is 6.08. The van der Waals surface area contributed by atoms with Gasteiger partial charge in [0.2, 0.25) is 3.97 Å². The molecule has 0 spiro atoms. The first kappa shape index (κ1) is 14.3. The van der Waals surface area contributed by atoms with Crippen molar-refractivity contribution in [3.8, 4) is 5.75 Å². The molecule has 0 fully saturated rings. The maximum absolute atomic E-state index is 6.08. The molecule has 0 bridgehead atoms. The van der Waals surface area contributed by atoms with Crippen LogP contribution in [0.15, 0.2) is 25.6 Å². The van der Waals surface area contributed by atoms with Gasteiger partial charge in [0, 0.05) is 10.9 Å². The molecule has 1 aromatic carbocycles. The molecule has 0 aliphatic carbocycles. The number of rotatable bonds is 3. The van der Waals surface area contributed by atoms with E-state index in [0.29, 0.717) is 12.2 Å². The fraction of sp³-hybridized carbons (Fsp3) is 0.333. The largest absolute Gasteiger partial charge is 0.460 e. The number of alkyl halides is 2. The van der Waals surface area contributed by atoms with E-state index in [1.165, 1.54) is 0 Å². The van der Waals surface area contributed by atoms with Crippen LogP contribution in [-0.4, -0.2) is 3.97 Å². The summed E-state index contributed by atoms with van der Waals surface area (Å²) in [6, 6.07) is 3.80. The topological polar surface area (TPSA) is 9.23 Å². The van der Waals surface area contributed by atoms with Crippen LogP contribution in [0, 0.1) is 0 Å². The minimum atomic E-state index is -0.869. The Hall–Kier alpha value is 1.23. The Kier molecular flexibility index (Phi) is 5.45. The molecule has 1 atom stereocenters. The molecular weight excluding hydrogens is 479 g/mol. The first-order valence-electron chi connectivity index (χ1n) is 4.07. The molecule has 0 aliphatic rings. The second kappa shape index (κ2) is 5.71. The van der Waals surface area contributed by atoms with Gasteiger partial charge < -0.3 is 4.74 Å². The summed E-state index contributed by atoms with van der Waals surface area (Å²) in [6.07, 6.45) is 0.642. The minimum absolute atomic E-state index is 0.642. The third-order valence-electron chi connectivity index (χ3n) is 1.63. The summed E-state index contributed by atoms with van der Waals surface area (Å²) in [5.74, 6) is 0.673. The molecule has 1 nitrogen and oxygen atoms in total. The van der Waals surface area contributed by atoms with Gasteiger partial charge in [-0.2, -0.15) is 0 Å². The molecule has 0 saturated carbocycles. The van der Waals surface area contributed by atoms with Crippen molar-refractivity contribution in [2.45, 2.75) is 17.3 Å². The Labute approximate surface area is 127 Å². The van der Waals surface area contributed by atoms with Gasteiger partial charge in [0.15, 0.2) is 5.75 Å². The Morgan fingerprint density at radius 2 is 1.73 bits per heavy atom. The smallest absolute Gasteiger partial charge is 0.237 e. The van der Waals surface area contributed by atoms with E-state index in [2.05, 4.69) is 63.7 Å². The fourth-order valence-corrected chi connectivity index (χ4v) is 3.51. The van der Waals surface area contributed by atoms with E-state index in [1.807, 2.05) is 19.1 Å². The van der Waals surface area contributed by atoms with Gasteiger partial charge in [-0.25, -0.2) is 0 Å². The van der Waals surface area contributed by atoms with Gasteiger partial charge in [-0.15, -0.1) is 0 Å². The third-order valence-corrected chi connectivity index (χ3v) is 4.33. The highest BCUT2D eigenvalue weighted by Crippen LogP contribution is 2.41. The predicted octanol–water partition coefficient (Wildman–Crippen LogP) is 6.05. The highest BCUT2D eigenvalue weighted by atomic mass is 79.9. The van der Waals surface area contributed by atoms with Crippen LogP contribution >= 0.6 is 75.3 Å². The SMILES string of the molecule is CCC(Cl)(Br)Oc1c(Br)cc(Br)cc1Br. The van der Waals surface area contributed by atoms with E-state index in [9.17, 15) is 0 Å².